The molecule has 0 aliphatic heterocycles. The number of ketones is 1. The molecular weight excluding hydrogens is 374 g/mol. The van der Waals surface area contributed by atoms with Gasteiger partial charge in [-0.05, 0) is 57.2 Å². The molecule has 2 aromatic carbocycles. The summed E-state index contributed by atoms with van der Waals surface area (Å²) in [5, 5.41) is 11.4. The first-order chi connectivity index (χ1) is 13.4. The third-order valence-electron chi connectivity index (χ3n) is 4.00. The van der Waals surface area contributed by atoms with Gasteiger partial charge in [0.05, 0.1) is 0 Å². The SMILES string of the molecule is CC(=O)c1ccc(NC(=O)CCSc2nnc(-c3cc(C)cc(C)c3)o2)cc1. The quantitative estimate of drug-likeness (QED) is 0.462. The highest BCUT2D eigenvalue weighted by molar-refractivity contribution is 7.99. The van der Waals surface area contributed by atoms with Gasteiger partial charge in [0.1, 0.15) is 0 Å². The average Bonchev–Trinajstić information content (AvgIpc) is 3.10. The number of amides is 1. The van der Waals surface area contributed by atoms with Crippen LogP contribution in [0.3, 0.4) is 0 Å². The number of aryl methyl sites for hydroxylation is 2. The summed E-state index contributed by atoms with van der Waals surface area (Å²) in [6.45, 7) is 5.55. The van der Waals surface area contributed by atoms with Crippen LogP contribution >= 0.6 is 11.8 Å². The van der Waals surface area contributed by atoms with Crippen LogP contribution in [0.15, 0.2) is 52.1 Å². The van der Waals surface area contributed by atoms with Gasteiger partial charge in [-0.15, -0.1) is 10.2 Å². The van der Waals surface area contributed by atoms with Crippen LogP contribution in [-0.4, -0.2) is 27.6 Å². The summed E-state index contributed by atoms with van der Waals surface area (Å²) in [6, 6.07) is 12.9. The van der Waals surface area contributed by atoms with Gasteiger partial charge in [-0.3, -0.25) is 9.59 Å². The zero-order valence-electron chi connectivity index (χ0n) is 16.0. The lowest BCUT2D eigenvalue weighted by molar-refractivity contribution is -0.115. The van der Waals surface area contributed by atoms with Crippen LogP contribution in [0.25, 0.3) is 11.5 Å². The van der Waals surface area contributed by atoms with Crippen molar-refractivity contribution in [3.05, 3.63) is 59.2 Å². The standard InChI is InChI=1S/C21H21N3O3S/c1-13-10-14(2)12-17(11-13)20-23-24-21(27-20)28-9-8-19(26)22-18-6-4-16(5-7-18)15(3)25/h4-7,10-12H,8-9H2,1-3H3,(H,22,26). The molecule has 0 spiro atoms. The van der Waals surface area contributed by atoms with E-state index in [4.69, 9.17) is 4.42 Å². The minimum atomic E-state index is -0.114. The molecule has 0 saturated carbocycles. The minimum Gasteiger partial charge on any atom is -0.411 e. The third-order valence-corrected chi connectivity index (χ3v) is 4.83. The molecule has 1 amide bonds. The van der Waals surface area contributed by atoms with Gasteiger partial charge in [-0.2, -0.15) is 0 Å². The maximum atomic E-state index is 12.1. The fraction of sp³-hybridized carbons (Fsp3) is 0.238. The number of hydrogen-bond acceptors (Lipinski definition) is 6. The smallest absolute Gasteiger partial charge is 0.276 e. The molecular formula is C21H21N3O3S. The summed E-state index contributed by atoms with van der Waals surface area (Å²) in [4.78, 5) is 23.3. The fourth-order valence-corrected chi connectivity index (χ4v) is 3.42. The van der Waals surface area contributed by atoms with Gasteiger partial charge < -0.3 is 9.73 Å². The van der Waals surface area contributed by atoms with Gasteiger partial charge in [0.25, 0.3) is 5.22 Å². The topological polar surface area (TPSA) is 85.1 Å². The van der Waals surface area contributed by atoms with Crippen molar-refractivity contribution in [2.45, 2.75) is 32.4 Å². The van der Waals surface area contributed by atoms with Crippen LogP contribution in [-0.2, 0) is 4.79 Å². The maximum absolute atomic E-state index is 12.1. The van der Waals surface area contributed by atoms with Crippen molar-refractivity contribution in [1.29, 1.82) is 0 Å². The Balaban J connectivity index is 1.50. The molecule has 0 bridgehead atoms. The molecule has 28 heavy (non-hydrogen) atoms. The first-order valence-corrected chi connectivity index (χ1v) is 9.85. The number of hydrogen-bond donors (Lipinski definition) is 1. The number of anilines is 1. The number of nitrogens with one attached hydrogen (secondary N) is 1. The molecule has 7 heteroatoms. The van der Waals surface area contributed by atoms with E-state index in [0.29, 0.717) is 34.5 Å². The number of benzene rings is 2. The molecule has 0 aliphatic carbocycles. The Hall–Kier alpha value is -2.93. The Labute approximate surface area is 167 Å². The summed E-state index contributed by atoms with van der Waals surface area (Å²) in [6.07, 6.45) is 0.306. The summed E-state index contributed by atoms with van der Waals surface area (Å²) >= 11 is 1.34. The molecule has 1 aromatic heterocycles. The normalized spacial score (nSPS) is 10.7. The van der Waals surface area contributed by atoms with E-state index in [0.717, 1.165) is 16.7 Å². The molecule has 0 aliphatic rings. The van der Waals surface area contributed by atoms with Crippen LogP contribution in [0, 0.1) is 13.8 Å². The van der Waals surface area contributed by atoms with Crippen molar-refractivity contribution in [3.8, 4) is 11.5 Å². The number of thioether (sulfide) groups is 1. The van der Waals surface area contributed by atoms with E-state index in [1.807, 2.05) is 26.0 Å². The first kappa shape index (κ1) is 19.8. The van der Waals surface area contributed by atoms with Crippen LogP contribution in [0.1, 0.15) is 34.8 Å². The highest BCUT2D eigenvalue weighted by Crippen LogP contribution is 2.25. The van der Waals surface area contributed by atoms with E-state index in [-0.39, 0.29) is 11.7 Å². The summed E-state index contributed by atoms with van der Waals surface area (Å²) in [5.41, 5.74) is 4.44. The van der Waals surface area contributed by atoms with E-state index in [1.54, 1.807) is 24.3 Å². The minimum absolute atomic E-state index is 0.00553. The number of Topliss-reactive ketones (excluding diaryl/α,β-unsaturated/α-hetero) is 1. The highest BCUT2D eigenvalue weighted by atomic mass is 32.2. The van der Waals surface area contributed by atoms with E-state index in [1.165, 1.54) is 18.7 Å². The number of aromatic nitrogens is 2. The Morgan fingerprint density at radius 3 is 2.36 bits per heavy atom. The predicted octanol–water partition coefficient (Wildman–Crippen LogP) is 4.68. The number of carbonyl (C=O) groups is 2. The van der Waals surface area contributed by atoms with Crippen LogP contribution in [0.4, 0.5) is 5.69 Å². The first-order valence-electron chi connectivity index (χ1n) is 8.86. The van der Waals surface area contributed by atoms with Crippen molar-refractivity contribution in [2.24, 2.45) is 0 Å². The number of rotatable bonds is 7. The zero-order chi connectivity index (χ0) is 20.1. The van der Waals surface area contributed by atoms with Gasteiger partial charge in [-0.25, -0.2) is 0 Å². The van der Waals surface area contributed by atoms with Gasteiger partial charge in [-0.1, -0.05) is 29.0 Å². The van der Waals surface area contributed by atoms with Crippen molar-refractivity contribution in [1.82, 2.24) is 10.2 Å². The maximum Gasteiger partial charge on any atom is 0.276 e. The molecule has 3 aromatic rings. The second-order valence-corrected chi connectivity index (χ2v) is 7.58. The Morgan fingerprint density at radius 2 is 1.71 bits per heavy atom. The van der Waals surface area contributed by atoms with E-state index in [9.17, 15) is 9.59 Å². The van der Waals surface area contributed by atoms with Crippen LogP contribution in [0.2, 0.25) is 0 Å². The van der Waals surface area contributed by atoms with Gasteiger partial charge in [0.2, 0.25) is 11.8 Å². The molecule has 3 rings (SSSR count). The summed E-state index contributed by atoms with van der Waals surface area (Å²) in [5.74, 6) is 0.877. The van der Waals surface area contributed by atoms with Crippen molar-refractivity contribution in [2.75, 3.05) is 11.1 Å². The fourth-order valence-electron chi connectivity index (χ4n) is 2.73. The average molecular weight is 395 g/mol. The van der Waals surface area contributed by atoms with E-state index in [2.05, 4.69) is 21.6 Å². The molecule has 0 unspecified atom stereocenters. The molecule has 0 radical (unpaired) electrons. The zero-order valence-corrected chi connectivity index (χ0v) is 16.8. The van der Waals surface area contributed by atoms with Crippen LogP contribution < -0.4 is 5.32 Å². The highest BCUT2D eigenvalue weighted by Gasteiger charge is 2.11. The predicted molar refractivity (Wildman–Crippen MR) is 110 cm³/mol. The van der Waals surface area contributed by atoms with E-state index >= 15 is 0 Å². The second kappa shape index (κ2) is 8.84. The van der Waals surface area contributed by atoms with Crippen molar-refractivity contribution in [3.63, 3.8) is 0 Å². The molecule has 1 heterocycles. The molecule has 0 atom stereocenters. The Bertz CT molecular complexity index is 976. The lowest BCUT2D eigenvalue weighted by Crippen LogP contribution is -2.12. The van der Waals surface area contributed by atoms with E-state index < -0.39 is 0 Å². The van der Waals surface area contributed by atoms with Gasteiger partial charge >= 0.3 is 0 Å². The summed E-state index contributed by atoms with van der Waals surface area (Å²) in [7, 11) is 0. The Kier molecular flexibility index (Phi) is 6.26. The molecule has 6 nitrogen and oxygen atoms in total. The number of nitrogens with zero attached hydrogens (tertiary/aromatic N) is 2. The van der Waals surface area contributed by atoms with Crippen molar-refractivity contribution >= 4 is 29.1 Å². The largest absolute Gasteiger partial charge is 0.411 e. The Morgan fingerprint density at radius 1 is 1.04 bits per heavy atom. The second-order valence-electron chi connectivity index (χ2n) is 6.53. The molecule has 1 N–H and O–H groups in total. The lowest BCUT2D eigenvalue weighted by atomic mass is 10.1. The number of carbonyl (C=O) groups excluding carboxylic acids is 2. The van der Waals surface area contributed by atoms with Gasteiger partial charge in [0, 0.05) is 29.0 Å². The molecule has 144 valence electrons. The summed E-state index contributed by atoms with van der Waals surface area (Å²) < 4.78 is 5.69. The molecule has 0 saturated heterocycles. The monoisotopic (exact) mass is 395 g/mol. The third kappa shape index (κ3) is 5.29. The van der Waals surface area contributed by atoms with Gasteiger partial charge in [0.15, 0.2) is 5.78 Å². The molecule has 0 fully saturated rings. The van der Waals surface area contributed by atoms with Crippen LogP contribution in [0.5, 0.6) is 0 Å². The van der Waals surface area contributed by atoms with Crippen molar-refractivity contribution < 1.29 is 14.0 Å². The lowest BCUT2D eigenvalue weighted by Gasteiger charge is -2.05.